The number of phenolic OH excluding ortho intramolecular Hbond substituents is 1. The zero-order valence-electron chi connectivity index (χ0n) is 18.8. The predicted octanol–water partition coefficient (Wildman–Crippen LogP) is 2.42. The van der Waals surface area contributed by atoms with Gasteiger partial charge in [0.25, 0.3) is 0 Å². The predicted molar refractivity (Wildman–Crippen MR) is 129 cm³/mol. The maximum absolute atomic E-state index is 10.9. The Balaban J connectivity index is 1.63. The molecule has 1 aliphatic rings. The number of aromatic hydroxyl groups is 1. The van der Waals surface area contributed by atoms with E-state index >= 15 is 0 Å². The van der Waals surface area contributed by atoms with E-state index in [1.165, 1.54) is 0 Å². The van der Waals surface area contributed by atoms with Crippen LogP contribution >= 0.6 is 0 Å². The van der Waals surface area contributed by atoms with Gasteiger partial charge >= 0.3 is 0 Å². The van der Waals surface area contributed by atoms with E-state index in [2.05, 4.69) is 14.9 Å². The van der Waals surface area contributed by atoms with E-state index in [1.54, 1.807) is 12.3 Å². The van der Waals surface area contributed by atoms with Crippen molar-refractivity contribution in [1.29, 1.82) is 0 Å². The van der Waals surface area contributed by atoms with Crippen LogP contribution in [0, 0.1) is 0 Å². The molecule has 1 fully saturated rings. The minimum Gasteiger partial charge on any atom is -0.507 e. The number of hydrogen-bond donors (Lipinski definition) is 4. The van der Waals surface area contributed by atoms with Crippen LogP contribution < -0.4 is 21.9 Å². The van der Waals surface area contributed by atoms with E-state index in [9.17, 15) is 5.11 Å². The molecule has 9 heteroatoms. The molecule has 0 amide bonds. The van der Waals surface area contributed by atoms with Gasteiger partial charge in [0.05, 0.1) is 25.4 Å². The number of rotatable bonds is 7. The van der Waals surface area contributed by atoms with Gasteiger partial charge in [-0.15, -0.1) is 0 Å². The molecule has 33 heavy (non-hydrogen) atoms. The lowest BCUT2D eigenvalue weighted by Crippen LogP contribution is -2.35. The third kappa shape index (κ3) is 5.27. The zero-order chi connectivity index (χ0) is 23.4. The van der Waals surface area contributed by atoms with Crippen LogP contribution in [0.3, 0.4) is 0 Å². The quantitative estimate of drug-likeness (QED) is 0.399. The number of anilines is 3. The van der Waals surface area contributed by atoms with Crippen molar-refractivity contribution in [3.63, 3.8) is 0 Å². The van der Waals surface area contributed by atoms with E-state index < -0.39 is 0 Å². The second kappa shape index (κ2) is 9.93. The van der Waals surface area contributed by atoms with Crippen LogP contribution in [0.15, 0.2) is 36.5 Å². The van der Waals surface area contributed by atoms with Crippen LogP contribution in [0.5, 0.6) is 11.5 Å². The van der Waals surface area contributed by atoms with Crippen molar-refractivity contribution in [3.05, 3.63) is 53.2 Å². The first kappa shape index (κ1) is 22.6. The third-order valence-electron chi connectivity index (χ3n) is 5.68. The Morgan fingerprint density at radius 1 is 1.09 bits per heavy atom. The summed E-state index contributed by atoms with van der Waals surface area (Å²) in [4.78, 5) is 10.3. The van der Waals surface area contributed by atoms with E-state index in [1.807, 2.05) is 31.2 Å². The highest BCUT2D eigenvalue weighted by molar-refractivity contribution is 5.79. The maximum Gasteiger partial charge on any atom is 0.221 e. The molecule has 3 aromatic rings. The number of hydrogen-bond acceptors (Lipinski definition) is 9. The molecule has 2 aromatic carbocycles. The number of morpholine rings is 1. The number of nitrogens with zero attached hydrogens (tertiary/aromatic N) is 3. The summed E-state index contributed by atoms with van der Waals surface area (Å²) in [6.45, 7) is 6.38. The van der Waals surface area contributed by atoms with Gasteiger partial charge in [-0.2, -0.15) is 4.98 Å². The molecule has 1 aliphatic heterocycles. The molecular formula is C24H30N6O3. The van der Waals surface area contributed by atoms with Crippen molar-refractivity contribution in [2.45, 2.75) is 19.9 Å². The van der Waals surface area contributed by atoms with Crippen LogP contribution in [0.4, 0.5) is 17.5 Å². The topological polar surface area (TPSA) is 146 Å². The fraction of sp³-hybridized carbons (Fsp3) is 0.333. The minimum atomic E-state index is 0.103. The molecule has 0 saturated carbocycles. The van der Waals surface area contributed by atoms with Gasteiger partial charge in [-0.3, -0.25) is 4.90 Å². The van der Waals surface area contributed by atoms with Gasteiger partial charge < -0.3 is 31.8 Å². The first-order valence-electron chi connectivity index (χ1n) is 11.0. The minimum absolute atomic E-state index is 0.103. The highest BCUT2D eigenvalue weighted by atomic mass is 16.5. The smallest absolute Gasteiger partial charge is 0.221 e. The Labute approximate surface area is 193 Å². The van der Waals surface area contributed by atoms with Crippen molar-refractivity contribution in [3.8, 4) is 22.6 Å². The Hall–Kier alpha value is -3.56. The van der Waals surface area contributed by atoms with Gasteiger partial charge in [0.15, 0.2) is 0 Å². The molecule has 0 atom stereocenters. The standard InChI is InChI=1S/C24H30N6O3/c1-2-33-21-11-15(9-18-13-28-24(27)29-23(18)26)10-20(31)22(21)16-3-4-17(19(25)12-16)14-30-5-7-32-8-6-30/h3-4,10-13,31H,2,5-9,14,25H2,1H3,(H4,26,27,28,29). The fourth-order valence-electron chi connectivity index (χ4n) is 4.00. The monoisotopic (exact) mass is 450 g/mol. The number of benzene rings is 2. The van der Waals surface area contributed by atoms with Gasteiger partial charge in [-0.25, -0.2) is 4.98 Å². The number of ether oxygens (including phenoxy) is 2. The fourth-order valence-corrected chi connectivity index (χ4v) is 4.00. The van der Waals surface area contributed by atoms with E-state index in [0.717, 1.165) is 55.1 Å². The number of aromatic nitrogens is 2. The largest absolute Gasteiger partial charge is 0.507 e. The van der Waals surface area contributed by atoms with Gasteiger partial charge in [0.2, 0.25) is 5.95 Å². The summed E-state index contributed by atoms with van der Waals surface area (Å²) in [5.74, 6) is 1.11. The van der Waals surface area contributed by atoms with Crippen LogP contribution in [0.25, 0.3) is 11.1 Å². The highest BCUT2D eigenvalue weighted by Crippen LogP contribution is 2.41. The van der Waals surface area contributed by atoms with Crippen molar-refractivity contribution in [1.82, 2.24) is 14.9 Å². The van der Waals surface area contributed by atoms with Crippen molar-refractivity contribution in [2.24, 2.45) is 0 Å². The van der Waals surface area contributed by atoms with Crippen LogP contribution in [-0.2, 0) is 17.7 Å². The summed E-state index contributed by atoms with van der Waals surface area (Å²) < 4.78 is 11.3. The molecule has 7 N–H and O–H groups in total. The molecule has 0 radical (unpaired) electrons. The second-order valence-corrected chi connectivity index (χ2v) is 8.04. The van der Waals surface area contributed by atoms with Crippen molar-refractivity contribution < 1.29 is 14.6 Å². The van der Waals surface area contributed by atoms with Gasteiger partial charge in [-0.05, 0) is 41.8 Å². The SMILES string of the molecule is CCOc1cc(Cc2cnc(N)nc2N)cc(O)c1-c1ccc(CN2CCOCC2)c(N)c1. The Kier molecular flexibility index (Phi) is 6.81. The van der Waals surface area contributed by atoms with Crippen LogP contribution in [0.1, 0.15) is 23.6 Å². The Bertz CT molecular complexity index is 1130. The molecule has 2 heterocycles. The molecule has 4 rings (SSSR count). The van der Waals surface area contributed by atoms with Crippen LogP contribution in [0.2, 0.25) is 0 Å². The lowest BCUT2D eigenvalue weighted by molar-refractivity contribution is 0.0343. The molecule has 9 nitrogen and oxygen atoms in total. The average molecular weight is 451 g/mol. The van der Waals surface area contributed by atoms with Crippen molar-refractivity contribution >= 4 is 17.5 Å². The Morgan fingerprint density at radius 2 is 1.88 bits per heavy atom. The second-order valence-electron chi connectivity index (χ2n) is 8.04. The number of nitrogens with two attached hydrogens (primary N) is 3. The molecular weight excluding hydrogens is 420 g/mol. The van der Waals surface area contributed by atoms with E-state index in [4.69, 9.17) is 26.7 Å². The molecule has 1 aromatic heterocycles. The molecule has 0 bridgehead atoms. The number of nitrogen functional groups attached to an aromatic ring is 3. The summed E-state index contributed by atoms with van der Waals surface area (Å²) in [6, 6.07) is 9.46. The van der Waals surface area contributed by atoms with Crippen molar-refractivity contribution in [2.75, 3.05) is 50.1 Å². The normalized spacial score (nSPS) is 14.3. The van der Waals surface area contributed by atoms with Gasteiger partial charge in [0, 0.05) is 43.5 Å². The van der Waals surface area contributed by atoms with Gasteiger partial charge in [0.1, 0.15) is 17.3 Å². The molecule has 0 spiro atoms. The highest BCUT2D eigenvalue weighted by Gasteiger charge is 2.18. The Morgan fingerprint density at radius 3 is 2.58 bits per heavy atom. The lowest BCUT2D eigenvalue weighted by atomic mass is 9.97. The lowest BCUT2D eigenvalue weighted by Gasteiger charge is -2.27. The first-order valence-corrected chi connectivity index (χ1v) is 11.0. The third-order valence-corrected chi connectivity index (χ3v) is 5.68. The molecule has 1 saturated heterocycles. The summed E-state index contributed by atoms with van der Waals surface area (Å²) in [5.41, 5.74) is 22.6. The number of phenols is 1. The molecule has 0 unspecified atom stereocenters. The summed E-state index contributed by atoms with van der Waals surface area (Å²) >= 11 is 0. The first-order chi connectivity index (χ1) is 15.9. The van der Waals surface area contributed by atoms with E-state index in [-0.39, 0.29) is 11.7 Å². The van der Waals surface area contributed by atoms with Gasteiger partial charge in [-0.1, -0.05) is 12.1 Å². The van der Waals surface area contributed by atoms with E-state index in [0.29, 0.717) is 35.8 Å². The zero-order valence-corrected chi connectivity index (χ0v) is 18.8. The summed E-state index contributed by atoms with van der Waals surface area (Å²) in [7, 11) is 0. The maximum atomic E-state index is 10.9. The summed E-state index contributed by atoms with van der Waals surface area (Å²) in [5, 5.41) is 10.9. The van der Waals surface area contributed by atoms with Crippen LogP contribution in [-0.4, -0.2) is 52.9 Å². The molecule has 174 valence electrons. The average Bonchev–Trinajstić information content (AvgIpc) is 2.78. The summed E-state index contributed by atoms with van der Waals surface area (Å²) in [6.07, 6.45) is 2.03. The molecule has 0 aliphatic carbocycles.